The first-order chi connectivity index (χ1) is 8.53. The molecule has 0 fully saturated rings. The van der Waals surface area contributed by atoms with Gasteiger partial charge in [0, 0.05) is 18.0 Å². The van der Waals surface area contributed by atoms with Crippen LogP contribution in [0, 0.1) is 6.92 Å². The van der Waals surface area contributed by atoms with Gasteiger partial charge in [-0.3, -0.25) is 0 Å². The van der Waals surface area contributed by atoms with Crippen molar-refractivity contribution >= 4 is 21.4 Å². The highest BCUT2D eigenvalue weighted by atomic mass is 32.2. The minimum atomic E-state index is -3.40. The largest absolute Gasteiger partial charge is 0.326 e. The van der Waals surface area contributed by atoms with Gasteiger partial charge in [0.25, 0.3) is 0 Å². The Morgan fingerprint density at radius 3 is 2.67 bits per heavy atom. The van der Waals surface area contributed by atoms with E-state index in [0.29, 0.717) is 11.4 Å². The van der Waals surface area contributed by atoms with Crippen molar-refractivity contribution in [1.29, 1.82) is 0 Å². The summed E-state index contributed by atoms with van der Waals surface area (Å²) >= 11 is 1.41. The predicted octanol–water partition coefficient (Wildman–Crippen LogP) is 2.37. The molecule has 0 saturated heterocycles. The van der Waals surface area contributed by atoms with Crippen LogP contribution in [0.3, 0.4) is 0 Å². The summed E-state index contributed by atoms with van der Waals surface area (Å²) in [5.41, 5.74) is 6.35. The average molecular weight is 290 g/mol. The van der Waals surface area contributed by atoms with Gasteiger partial charge in [0.1, 0.15) is 4.90 Å². The smallest absolute Gasteiger partial charge is 0.241 e. The molecule has 1 heterocycles. The number of hydrogen-bond donors (Lipinski definition) is 2. The van der Waals surface area contributed by atoms with Crippen molar-refractivity contribution in [2.75, 3.05) is 6.54 Å². The molecule has 1 rings (SSSR count). The fourth-order valence-electron chi connectivity index (χ4n) is 1.82. The van der Waals surface area contributed by atoms with Crippen molar-refractivity contribution in [1.82, 2.24) is 4.72 Å². The first-order valence-corrected chi connectivity index (χ1v) is 8.66. The number of thiophene rings is 1. The molecule has 0 aromatic carbocycles. The number of nitrogens with two attached hydrogens (primary N) is 1. The second-order valence-electron chi connectivity index (χ2n) is 4.33. The lowest BCUT2D eigenvalue weighted by Gasteiger charge is -2.08. The van der Waals surface area contributed by atoms with Crippen LogP contribution in [0.1, 0.15) is 43.0 Å². The van der Waals surface area contributed by atoms with Gasteiger partial charge in [-0.25, -0.2) is 13.1 Å². The Kier molecular flexibility index (Phi) is 6.28. The van der Waals surface area contributed by atoms with Gasteiger partial charge in [0.05, 0.1) is 0 Å². The predicted molar refractivity (Wildman–Crippen MR) is 76.3 cm³/mol. The van der Waals surface area contributed by atoms with E-state index in [9.17, 15) is 8.42 Å². The van der Waals surface area contributed by atoms with Crippen LogP contribution in [0.15, 0.2) is 10.3 Å². The SMILES string of the molecule is CCCCCCNS(=O)(=O)c1c(C)csc1CN. The molecule has 0 aliphatic heterocycles. The summed E-state index contributed by atoms with van der Waals surface area (Å²) in [6.07, 6.45) is 4.24. The Labute approximate surface area is 114 Å². The third kappa shape index (κ3) is 4.05. The Bertz CT molecular complexity index is 466. The molecule has 4 nitrogen and oxygen atoms in total. The molecule has 0 bridgehead atoms. The summed E-state index contributed by atoms with van der Waals surface area (Å²) in [5, 5.41) is 1.84. The number of unbranched alkanes of at least 4 members (excludes halogenated alkanes) is 3. The minimum absolute atomic E-state index is 0.268. The molecule has 0 aliphatic rings. The summed E-state index contributed by atoms with van der Waals surface area (Å²) in [5.74, 6) is 0. The summed E-state index contributed by atoms with van der Waals surface area (Å²) in [6, 6.07) is 0. The van der Waals surface area contributed by atoms with Gasteiger partial charge in [-0.1, -0.05) is 26.2 Å². The average Bonchev–Trinajstić information content (AvgIpc) is 2.71. The van der Waals surface area contributed by atoms with Crippen molar-refractivity contribution in [3.8, 4) is 0 Å². The maximum Gasteiger partial charge on any atom is 0.241 e. The molecule has 0 unspecified atom stereocenters. The second-order valence-corrected chi connectivity index (χ2v) is 7.00. The van der Waals surface area contributed by atoms with Crippen LogP contribution in [0.4, 0.5) is 0 Å². The number of hydrogen-bond acceptors (Lipinski definition) is 4. The molecule has 0 amide bonds. The fourth-order valence-corrected chi connectivity index (χ4v) is 4.59. The summed E-state index contributed by atoms with van der Waals surface area (Å²) in [6.45, 7) is 4.71. The van der Waals surface area contributed by atoms with Crippen LogP contribution in [-0.4, -0.2) is 15.0 Å². The lowest BCUT2D eigenvalue weighted by molar-refractivity contribution is 0.572. The van der Waals surface area contributed by atoms with Gasteiger partial charge in [0.15, 0.2) is 0 Å². The molecule has 0 aliphatic carbocycles. The van der Waals surface area contributed by atoms with Crippen LogP contribution in [-0.2, 0) is 16.6 Å². The van der Waals surface area contributed by atoms with E-state index in [1.54, 1.807) is 6.92 Å². The molecule has 0 spiro atoms. The molecule has 6 heteroatoms. The number of sulfonamides is 1. The Balaban J connectivity index is 2.65. The van der Waals surface area contributed by atoms with Crippen molar-refractivity contribution < 1.29 is 8.42 Å². The van der Waals surface area contributed by atoms with Crippen molar-refractivity contribution in [3.63, 3.8) is 0 Å². The quantitative estimate of drug-likeness (QED) is 0.722. The third-order valence-corrected chi connectivity index (χ3v) is 5.71. The number of rotatable bonds is 8. The highest BCUT2D eigenvalue weighted by molar-refractivity contribution is 7.89. The molecule has 0 atom stereocenters. The second kappa shape index (κ2) is 7.23. The molecular formula is C12H22N2O2S2. The molecule has 0 radical (unpaired) electrons. The molecule has 0 saturated carbocycles. The van der Waals surface area contributed by atoms with Gasteiger partial charge < -0.3 is 5.73 Å². The maximum atomic E-state index is 12.2. The van der Waals surface area contributed by atoms with E-state index in [1.165, 1.54) is 11.3 Å². The van der Waals surface area contributed by atoms with Crippen LogP contribution in [0.2, 0.25) is 0 Å². The van der Waals surface area contributed by atoms with Crippen LogP contribution >= 0.6 is 11.3 Å². The Hall–Kier alpha value is -0.430. The monoisotopic (exact) mass is 290 g/mol. The third-order valence-electron chi connectivity index (χ3n) is 2.77. The highest BCUT2D eigenvalue weighted by Crippen LogP contribution is 2.26. The van der Waals surface area contributed by atoms with E-state index < -0.39 is 10.0 Å². The first kappa shape index (κ1) is 15.6. The zero-order valence-electron chi connectivity index (χ0n) is 11.0. The molecule has 18 heavy (non-hydrogen) atoms. The van der Waals surface area contributed by atoms with Gasteiger partial charge >= 0.3 is 0 Å². The van der Waals surface area contributed by atoms with Gasteiger partial charge in [0.2, 0.25) is 10.0 Å². The zero-order chi connectivity index (χ0) is 13.6. The molecule has 1 aromatic rings. The van der Waals surface area contributed by atoms with Gasteiger partial charge in [-0.2, -0.15) is 0 Å². The highest BCUT2D eigenvalue weighted by Gasteiger charge is 2.21. The topological polar surface area (TPSA) is 72.2 Å². The maximum absolute atomic E-state index is 12.2. The van der Waals surface area contributed by atoms with Crippen LogP contribution in [0.5, 0.6) is 0 Å². The van der Waals surface area contributed by atoms with Crippen molar-refractivity contribution in [2.45, 2.75) is 51.0 Å². The standard InChI is InChI=1S/C12H22N2O2S2/c1-3-4-5-6-7-14-18(15,16)12-10(2)9-17-11(12)8-13/h9,14H,3-8,13H2,1-2H3. The van der Waals surface area contributed by atoms with Crippen LogP contribution < -0.4 is 10.5 Å². The van der Waals surface area contributed by atoms with E-state index in [0.717, 1.165) is 36.1 Å². The van der Waals surface area contributed by atoms with E-state index in [2.05, 4.69) is 11.6 Å². The number of aryl methyl sites for hydroxylation is 1. The van der Waals surface area contributed by atoms with Crippen LogP contribution in [0.25, 0.3) is 0 Å². The van der Waals surface area contributed by atoms with Gasteiger partial charge in [-0.05, 0) is 24.3 Å². The summed E-state index contributed by atoms with van der Waals surface area (Å²) < 4.78 is 27.0. The van der Waals surface area contributed by atoms with E-state index in [1.807, 2.05) is 5.38 Å². The number of nitrogens with one attached hydrogen (secondary N) is 1. The first-order valence-electron chi connectivity index (χ1n) is 6.29. The Morgan fingerprint density at radius 1 is 1.33 bits per heavy atom. The van der Waals surface area contributed by atoms with E-state index >= 15 is 0 Å². The normalized spacial score (nSPS) is 11.9. The minimum Gasteiger partial charge on any atom is -0.326 e. The molecule has 1 aromatic heterocycles. The lowest BCUT2D eigenvalue weighted by Crippen LogP contribution is -2.26. The van der Waals surface area contributed by atoms with E-state index in [-0.39, 0.29) is 6.54 Å². The molecule has 3 N–H and O–H groups in total. The summed E-state index contributed by atoms with van der Waals surface area (Å²) in [4.78, 5) is 1.11. The van der Waals surface area contributed by atoms with Crippen molar-refractivity contribution in [3.05, 3.63) is 15.8 Å². The molecular weight excluding hydrogens is 268 g/mol. The zero-order valence-corrected chi connectivity index (χ0v) is 12.7. The summed E-state index contributed by atoms with van der Waals surface area (Å²) in [7, 11) is -3.40. The fraction of sp³-hybridized carbons (Fsp3) is 0.667. The lowest BCUT2D eigenvalue weighted by atomic mass is 10.2. The van der Waals surface area contributed by atoms with Crippen molar-refractivity contribution in [2.24, 2.45) is 5.73 Å². The molecule has 104 valence electrons. The van der Waals surface area contributed by atoms with Gasteiger partial charge in [-0.15, -0.1) is 11.3 Å². The van der Waals surface area contributed by atoms with E-state index in [4.69, 9.17) is 5.73 Å². The Morgan fingerprint density at radius 2 is 2.06 bits per heavy atom.